The van der Waals surface area contributed by atoms with Gasteiger partial charge in [0.05, 0.1) is 23.0 Å². The van der Waals surface area contributed by atoms with Crippen molar-refractivity contribution in [1.29, 1.82) is 0 Å². The highest BCUT2D eigenvalue weighted by Crippen LogP contribution is 2.31. The lowest BCUT2D eigenvalue weighted by atomic mass is 10.2. The first kappa shape index (κ1) is 14.6. The van der Waals surface area contributed by atoms with Gasteiger partial charge < -0.3 is 16.2 Å². The number of nitrogen functional groups attached to an aromatic ring is 1. The summed E-state index contributed by atoms with van der Waals surface area (Å²) in [5.41, 5.74) is 4.55. The van der Waals surface area contributed by atoms with Crippen molar-refractivity contribution in [3.8, 4) is 0 Å². The Bertz CT molecular complexity index is 687. The molecule has 0 atom stereocenters. The second kappa shape index (κ2) is 5.31. The molecule has 21 heavy (non-hydrogen) atoms. The molecule has 1 heterocycles. The number of hydrogen-bond acceptors (Lipinski definition) is 4. The molecule has 0 radical (unpaired) electrons. The highest BCUT2D eigenvalue weighted by atomic mass is 19.4. The van der Waals surface area contributed by atoms with Crippen molar-refractivity contribution in [2.45, 2.75) is 6.18 Å². The number of carboxylic acids is 1. The number of rotatable bonds is 3. The molecule has 0 bridgehead atoms. The lowest BCUT2D eigenvalue weighted by Gasteiger charge is -2.11. The lowest BCUT2D eigenvalue weighted by molar-refractivity contribution is -0.137. The number of nitrogens with one attached hydrogen (secondary N) is 1. The molecular formula is C13H10F3N3O2. The fourth-order valence-corrected chi connectivity index (χ4v) is 1.64. The van der Waals surface area contributed by atoms with Crippen LogP contribution in [0.4, 0.5) is 30.4 Å². The summed E-state index contributed by atoms with van der Waals surface area (Å²) < 4.78 is 37.8. The first-order chi connectivity index (χ1) is 9.77. The number of nitrogens with zero attached hydrogens (tertiary/aromatic N) is 1. The Kier molecular flexibility index (Phi) is 3.70. The molecule has 5 nitrogen and oxygen atoms in total. The summed E-state index contributed by atoms with van der Waals surface area (Å²) in [6, 6.07) is 5.63. The minimum Gasteiger partial charge on any atom is -0.478 e. The van der Waals surface area contributed by atoms with E-state index in [0.29, 0.717) is 0 Å². The summed E-state index contributed by atoms with van der Waals surface area (Å²) in [5.74, 6) is -1.16. The SMILES string of the molecule is Nc1cnc(Nc2cccc(C(F)(F)F)c2)cc1C(=O)O. The summed E-state index contributed by atoms with van der Waals surface area (Å²) in [7, 11) is 0. The molecule has 0 amide bonds. The third-order valence-electron chi connectivity index (χ3n) is 2.63. The van der Waals surface area contributed by atoms with Crippen LogP contribution in [0.15, 0.2) is 36.5 Å². The zero-order chi connectivity index (χ0) is 15.6. The molecule has 2 aromatic rings. The molecule has 0 aliphatic carbocycles. The van der Waals surface area contributed by atoms with Crippen molar-refractivity contribution in [1.82, 2.24) is 4.98 Å². The van der Waals surface area contributed by atoms with Crippen LogP contribution in [0, 0.1) is 0 Å². The van der Waals surface area contributed by atoms with Crippen LogP contribution >= 0.6 is 0 Å². The maximum absolute atomic E-state index is 12.6. The molecule has 0 aliphatic rings. The molecule has 1 aromatic heterocycles. The molecular weight excluding hydrogens is 287 g/mol. The minimum absolute atomic E-state index is 0.0305. The minimum atomic E-state index is -4.46. The van der Waals surface area contributed by atoms with E-state index < -0.39 is 17.7 Å². The Labute approximate surface area is 117 Å². The van der Waals surface area contributed by atoms with Gasteiger partial charge in [-0.2, -0.15) is 13.2 Å². The van der Waals surface area contributed by atoms with Gasteiger partial charge in [0.2, 0.25) is 0 Å². The Morgan fingerprint density at radius 2 is 2.00 bits per heavy atom. The number of halogens is 3. The second-order valence-electron chi connectivity index (χ2n) is 4.17. The van der Waals surface area contributed by atoms with Gasteiger partial charge in [-0.1, -0.05) is 6.07 Å². The molecule has 0 aliphatic heterocycles. The Hall–Kier alpha value is -2.77. The molecule has 110 valence electrons. The van der Waals surface area contributed by atoms with Crippen molar-refractivity contribution in [2.75, 3.05) is 11.1 Å². The predicted octanol–water partition coefficient (Wildman–Crippen LogP) is 3.12. The molecule has 8 heteroatoms. The van der Waals surface area contributed by atoms with E-state index in [1.54, 1.807) is 0 Å². The first-order valence-electron chi connectivity index (χ1n) is 5.70. The Balaban J connectivity index is 2.31. The van der Waals surface area contributed by atoms with Crippen molar-refractivity contribution in [3.05, 3.63) is 47.7 Å². The number of nitrogens with two attached hydrogens (primary N) is 1. The van der Waals surface area contributed by atoms with Gasteiger partial charge >= 0.3 is 12.1 Å². The van der Waals surface area contributed by atoms with Gasteiger partial charge in [-0.15, -0.1) is 0 Å². The fourth-order valence-electron chi connectivity index (χ4n) is 1.64. The number of aromatic nitrogens is 1. The molecule has 2 rings (SSSR count). The molecule has 0 fully saturated rings. The summed E-state index contributed by atoms with van der Waals surface area (Å²) in [6.07, 6.45) is -3.34. The second-order valence-corrected chi connectivity index (χ2v) is 4.17. The number of benzene rings is 1. The van der Waals surface area contributed by atoms with E-state index in [-0.39, 0.29) is 22.8 Å². The molecule has 0 unspecified atom stereocenters. The number of aromatic carboxylic acids is 1. The van der Waals surface area contributed by atoms with Gasteiger partial charge in [-0.3, -0.25) is 0 Å². The third-order valence-corrected chi connectivity index (χ3v) is 2.63. The first-order valence-corrected chi connectivity index (χ1v) is 5.70. The van der Waals surface area contributed by atoms with Gasteiger partial charge in [0, 0.05) is 5.69 Å². The maximum atomic E-state index is 12.6. The van der Waals surface area contributed by atoms with E-state index in [9.17, 15) is 18.0 Å². The van der Waals surface area contributed by atoms with E-state index in [2.05, 4.69) is 10.3 Å². The highest BCUT2D eigenvalue weighted by Gasteiger charge is 2.30. The molecule has 4 N–H and O–H groups in total. The molecule has 1 aromatic carbocycles. The van der Waals surface area contributed by atoms with Crippen LogP contribution in [0.2, 0.25) is 0 Å². The quantitative estimate of drug-likeness (QED) is 0.810. The standard InChI is InChI=1S/C13H10F3N3O2/c14-13(15,16)7-2-1-3-8(4-7)19-11-5-9(12(20)21)10(17)6-18-11/h1-6H,17H2,(H,18,19)(H,20,21). The van der Waals surface area contributed by atoms with Gasteiger partial charge in [-0.05, 0) is 24.3 Å². The number of hydrogen-bond donors (Lipinski definition) is 3. The predicted molar refractivity (Wildman–Crippen MR) is 70.3 cm³/mol. The Morgan fingerprint density at radius 3 is 2.62 bits per heavy atom. The number of carboxylic acid groups (broad SMARTS) is 1. The topological polar surface area (TPSA) is 88.2 Å². The summed E-state index contributed by atoms with van der Waals surface area (Å²) in [4.78, 5) is 14.8. The molecule has 0 saturated carbocycles. The number of carbonyl (C=O) groups is 1. The summed E-state index contributed by atoms with van der Waals surface area (Å²) >= 11 is 0. The average Bonchev–Trinajstić information content (AvgIpc) is 2.40. The van der Waals surface area contributed by atoms with Crippen molar-refractivity contribution in [2.24, 2.45) is 0 Å². The zero-order valence-corrected chi connectivity index (χ0v) is 10.5. The van der Waals surface area contributed by atoms with E-state index >= 15 is 0 Å². The van der Waals surface area contributed by atoms with Crippen molar-refractivity contribution < 1.29 is 23.1 Å². The molecule has 0 saturated heterocycles. The number of anilines is 3. The monoisotopic (exact) mass is 297 g/mol. The van der Waals surface area contributed by atoms with Gasteiger partial charge in [0.25, 0.3) is 0 Å². The molecule has 0 spiro atoms. The van der Waals surface area contributed by atoms with Crippen molar-refractivity contribution in [3.63, 3.8) is 0 Å². The van der Waals surface area contributed by atoms with Gasteiger partial charge in [0.15, 0.2) is 0 Å². The lowest BCUT2D eigenvalue weighted by Crippen LogP contribution is -2.07. The maximum Gasteiger partial charge on any atom is 0.416 e. The fraction of sp³-hybridized carbons (Fsp3) is 0.0769. The highest BCUT2D eigenvalue weighted by molar-refractivity contribution is 5.94. The zero-order valence-electron chi connectivity index (χ0n) is 10.5. The summed E-state index contributed by atoms with van der Waals surface area (Å²) in [5, 5.41) is 11.5. The van der Waals surface area contributed by atoms with Crippen LogP contribution in [0.3, 0.4) is 0 Å². The van der Waals surface area contributed by atoms with E-state index in [0.717, 1.165) is 24.4 Å². The average molecular weight is 297 g/mol. The van der Waals surface area contributed by atoms with E-state index in [1.165, 1.54) is 12.1 Å². The van der Waals surface area contributed by atoms with E-state index in [1.807, 2.05) is 0 Å². The van der Waals surface area contributed by atoms with Crippen LogP contribution in [-0.4, -0.2) is 16.1 Å². The summed E-state index contributed by atoms with van der Waals surface area (Å²) in [6.45, 7) is 0. The number of alkyl halides is 3. The largest absolute Gasteiger partial charge is 0.478 e. The smallest absolute Gasteiger partial charge is 0.416 e. The van der Waals surface area contributed by atoms with Gasteiger partial charge in [-0.25, -0.2) is 9.78 Å². The normalized spacial score (nSPS) is 11.2. The van der Waals surface area contributed by atoms with Crippen molar-refractivity contribution >= 4 is 23.2 Å². The Morgan fingerprint density at radius 1 is 1.29 bits per heavy atom. The van der Waals surface area contributed by atoms with E-state index in [4.69, 9.17) is 10.8 Å². The van der Waals surface area contributed by atoms with Crippen LogP contribution in [0.5, 0.6) is 0 Å². The van der Waals surface area contributed by atoms with Crippen LogP contribution in [0.25, 0.3) is 0 Å². The van der Waals surface area contributed by atoms with Gasteiger partial charge in [0.1, 0.15) is 5.82 Å². The third kappa shape index (κ3) is 3.41. The van der Waals surface area contributed by atoms with Crippen LogP contribution in [-0.2, 0) is 6.18 Å². The van der Waals surface area contributed by atoms with Crippen LogP contribution in [0.1, 0.15) is 15.9 Å². The van der Waals surface area contributed by atoms with Crippen LogP contribution < -0.4 is 11.1 Å². The number of pyridine rings is 1.